The highest BCUT2D eigenvalue weighted by atomic mass is 19.3. The largest absolute Gasteiger partial charge is 0.490 e. The molecule has 170 valence electrons. The van der Waals surface area contributed by atoms with Crippen LogP contribution < -0.4 is 25.4 Å². The van der Waals surface area contributed by atoms with Crippen LogP contribution in [0.5, 0.6) is 11.5 Å². The zero-order valence-electron chi connectivity index (χ0n) is 18.0. The second kappa shape index (κ2) is 12.8. The molecule has 0 saturated heterocycles. The summed E-state index contributed by atoms with van der Waals surface area (Å²) in [6.45, 7) is 1.42. The molecule has 0 spiro atoms. The number of amides is 1. The maximum atomic E-state index is 12.9. The number of carbonyl (C=O) groups is 1. The summed E-state index contributed by atoms with van der Waals surface area (Å²) in [6, 6.07) is 11.8. The summed E-state index contributed by atoms with van der Waals surface area (Å²) >= 11 is 0. The zero-order chi connectivity index (χ0) is 23.3. The molecule has 2 aromatic rings. The van der Waals surface area contributed by atoms with E-state index in [0.29, 0.717) is 35.9 Å². The molecular weight excluding hydrogens is 418 g/mol. The first-order chi connectivity index (χ1) is 15.5. The van der Waals surface area contributed by atoms with Gasteiger partial charge in [0.05, 0.1) is 19.7 Å². The average Bonchev–Trinajstić information content (AvgIpc) is 2.77. The number of carbonyl (C=O) groups excluding carboxylic acids is 1. The fourth-order valence-electron chi connectivity index (χ4n) is 2.74. The Morgan fingerprint density at radius 2 is 1.97 bits per heavy atom. The van der Waals surface area contributed by atoms with Crippen molar-refractivity contribution in [2.24, 2.45) is 4.99 Å². The van der Waals surface area contributed by atoms with Crippen LogP contribution in [0.2, 0.25) is 0 Å². The molecule has 7 nitrogen and oxygen atoms in total. The van der Waals surface area contributed by atoms with Gasteiger partial charge in [-0.05, 0) is 38.1 Å². The van der Waals surface area contributed by atoms with Gasteiger partial charge in [-0.15, -0.1) is 6.42 Å². The van der Waals surface area contributed by atoms with E-state index in [0.717, 1.165) is 0 Å². The van der Waals surface area contributed by atoms with Crippen molar-refractivity contribution in [2.75, 3.05) is 25.0 Å². The molecule has 0 radical (unpaired) electrons. The van der Waals surface area contributed by atoms with Crippen LogP contribution in [-0.4, -0.2) is 38.2 Å². The monoisotopic (exact) mass is 444 g/mol. The lowest BCUT2D eigenvalue weighted by Gasteiger charge is -2.15. The van der Waals surface area contributed by atoms with Crippen molar-refractivity contribution in [3.8, 4) is 23.8 Å². The number of para-hydroxylation sites is 1. The third-order valence-electron chi connectivity index (χ3n) is 4.05. The lowest BCUT2D eigenvalue weighted by atomic mass is 10.2. The van der Waals surface area contributed by atoms with Gasteiger partial charge in [-0.1, -0.05) is 24.1 Å². The van der Waals surface area contributed by atoms with Crippen LogP contribution in [0, 0.1) is 12.3 Å². The Morgan fingerprint density at radius 1 is 1.19 bits per heavy atom. The molecule has 0 aliphatic heterocycles. The summed E-state index contributed by atoms with van der Waals surface area (Å²) in [5, 5.41) is 8.65. The molecule has 2 aromatic carbocycles. The Morgan fingerprint density at radius 3 is 2.66 bits per heavy atom. The molecule has 32 heavy (non-hydrogen) atoms. The third kappa shape index (κ3) is 7.80. The zero-order valence-corrected chi connectivity index (χ0v) is 18.0. The van der Waals surface area contributed by atoms with Crippen molar-refractivity contribution in [3.05, 3.63) is 53.6 Å². The molecule has 0 heterocycles. The number of ether oxygens (including phenoxy) is 2. The van der Waals surface area contributed by atoms with Crippen molar-refractivity contribution in [1.82, 2.24) is 10.6 Å². The minimum Gasteiger partial charge on any atom is -0.490 e. The van der Waals surface area contributed by atoms with Gasteiger partial charge in [0.15, 0.2) is 17.5 Å². The molecule has 9 heteroatoms. The van der Waals surface area contributed by atoms with E-state index in [1.807, 2.05) is 6.92 Å². The predicted octanol–water partition coefficient (Wildman–Crippen LogP) is 3.36. The fraction of sp³-hybridized carbons (Fsp3) is 0.304. The Bertz CT molecular complexity index is 974. The van der Waals surface area contributed by atoms with Crippen LogP contribution in [0.4, 0.5) is 14.5 Å². The van der Waals surface area contributed by atoms with Gasteiger partial charge in [-0.25, -0.2) is 4.99 Å². The van der Waals surface area contributed by atoms with E-state index in [4.69, 9.17) is 11.2 Å². The van der Waals surface area contributed by atoms with Crippen LogP contribution in [0.15, 0.2) is 47.5 Å². The number of rotatable bonds is 10. The Labute approximate surface area is 186 Å². The van der Waals surface area contributed by atoms with Crippen molar-refractivity contribution in [1.29, 1.82) is 0 Å². The topological polar surface area (TPSA) is 84.0 Å². The number of guanidine groups is 1. The number of terminal acetylenes is 1. The molecule has 0 saturated carbocycles. The summed E-state index contributed by atoms with van der Waals surface area (Å²) in [6.07, 6.45) is 5.37. The van der Waals surface area contributed by atoms with Crippen molar-refractivity contribution in [2.45, 2.75) is 27.0 Å². The summed E-state index contributed by atoms with van der Waals surface area (Å²) in [5.41, 5.74) is 1.65. The molecule has 0 aliphatic rings. The second-order valence-corrected chi connectivity index (χ2v) is 6.38. The van der Waals surface area contributed by atoms with Crippen LogP contribution >= 0.6 is 0 Å². The first-order valence-corrected chi connectivity index (χ1v) is 10.0. The van der Waals surface area contributed by atoms with E-state index in [1.165, 1.54) is 0 Å². The van der Waals surface area contributed by atoms with Crippen molar-refractivity contribution >= 4 is 17.6 Å². The van der Waals surface area contributed by atoms with Gasteiger partial charge in [0.25, 0.3) is 0 Å². The quantitative estimate of drug-likeness (QED) is 0.297. The SMILES string of the molecule is C#Cc1cccc(NC(=O)CNC(=NCc2cccc(OCC)c2OC(F)F)NCC)c1. The molecular formula is C23H26F2N4O3. The molecule has 0 atom stereocenters. The summed E-state index contributed by atoms with van der Waals surface area (Å²) < 4.78 is 35.8. The van der Waals surface area contributed by atoms with Gasteiger partial charge in [-0.3, -0.25) is 4.79 Å². The highest BCUT2D eigenvalue weighted by Gasteiger charge is 2.16. The number of benzene rings is 2. The predicted molar refractivity (Wildman–Crippen MR) is 120 cm³/mol. The second-order valence-electron chi connectivity index (χ2n) is 6.38. The third-order valence-corrected chi connectivity index (χ3v) is 4.05. The van der Waals surface area contributed by atoms with Crippen molar-refractivity contribution in [3.63, 3.8) is 0 Å². The molecule has 2 rings (SSSR count). The van der Waals surface area contributed by atoms with Crippen LogP contribution in [0.25, 0.3) is 0 Å². The van der Waals surface area contributed by atoms with Gasteiger partial charge < -0.3 is 25.4 Å². The molecule has 0 fully saturated rings. The molecule has 0 aliphatic carbocycles. The van der Waals surface area contributed by atoms with Crippen LogP contribution in [0.3, 0.4) is 0 Å². The van der Waals surface area contributed by atoms with E-state index in [-0.39, 0.29) is 30.5 Å². The lowest BCUT2D eigenvalue weighted by Crippen LogP contribution is -2.41. The van der Waals surface area contributed by atoms with E-state index >= 15 is 0 Å². The minimum absolute atomic E-state index is 0.0319. The molecule has 0 bridgehead atoms. The maximum absolute atomic E-state index is 12.9. The number of anilines is 1. The maximum Gasteiger partial charge on any atom is 0.387 e. The van der Waals surface area contributed by atoms with Gasteiger partial charge in [-0.2, -0.15) is 8.78 Å². The van der Waals surface area contributed by atoms with Crippen LogP contribution in [0.1, 0.15) is 25.0 Å². The number of hydrogen-bond acceptors (Lipinski definition) is 4. The highest BCUT2D eigenvalue weighted by molar-refractivity contribution is 5.95. The first-order valence-electron chi connectivity index (χ1n) is 10.0. The van der Waals surface area contributed by atoms with Gasteiger partial charge >= 0.3 is 6.61 Å². The average molecular weight is 444 g/mol. The fourth-order valence-corrected chi connectivity index (χ4v) is 2.74. The Balaban J connectivity index is 2.07. The van der Waals surface area contributed by atoms with Gasteiger partial charge in [0.1, 0.15) is 0 Å². The van der Waals surface area contributed by atoms with E-state index < -0.39 is 6.61 Å². The smallest absolute Gasteiger partial charge is 0.387 e. The number of alkyl halides is 2. The lowest BCUT2D eigenvalue weighted by molar-refractivity contribution is -0.115. The molecule has 1 amide bonds. The number of nitrogens with one attached hydrogen (secondary N) is 3. The first kappa shape index (κ1) is 24.5. The normalized spacial score (nSPS) is 10.9. The Kier molecular flexibility index (Phi) is 9.78. The molecule has 0 aromatic heterocycles. The van der Waals surface area contributed by atoms with Crippen molar-refractivity contribution < 1.29 is 23.0 Å². The van der Waals surface area contributed by atoms with Gasteiger partial charge in [0, 0.05) is 23.4 Å². The summed E-state index contributed by atoms with van der Waals surface area (Å²) in [7, 11) is 0. The van der Waals surface area contributed by atoms with E-state index in [9.17, 15) is 13.6 Å². The number of halogens is 2. The highest BCUT2D eigenvalue weighted by Crippen LogP contribution is 2.33. The summed E-state index contributed by atoms with van der Waals surface area (Å²) in [4.78, 5) is 16.6. The number of hydrogen-bond donors (Lipinski definition) is 3. The number of aliphatic imine (C=N–C) groups is 1. The van der Waals surface area contributed by atoms with E-state index in [1.54, 1.807) is 49.4 Å². The summed E-state index contributed by atoms with van der Waals surface area (Å²) in [5.74, 6) is 2.70. The molecule has 3 N–H and O–H groups in total. The minimum atomic E-state index is -3.00. The number of nitrogens with zero attached hydrogens (tertiary/aromatic N) is 1. The standard InChI is InChI=1S/C23H26F2N4O3/c1-4-16-9-7-11-18(13-16)29-20(30)15-28-23(26-5-2)27-14-17-10-8-12-19(31-6-3)21(17)32-22(24)25/h1,7-13,22H,5-6,14-15H2,2-3H3,(H,29,30)(H2,26,27,28). The van der Waals surface area contributed by atoms with Gasteiger partial charge in [0.2, 0.25) is 5.91 Å². The Hall–Kier alpha value is -3.80. The van der Waals surface area contributed by atoms with Crippen LogP contribution in [-0.2, 0) is 11.3 Å². The van der Waals surface area contributed by atoms with E-state index in [2.05, 4.69) is 31.6 Å². The molecule has 0 unspecified atom stereocenters.